The first kappa shape index (κ1) is 26.4. The summed E-state index contributed by atoms with van der Waals surface area (Å²) in [6, 6.07) is 12.9. The van der Waals surface area contributed by atoms with Crippen LogP contribution in [0, 0.1) is 5.41 Å². The van der Waals surface area contributed by atoms with Crippen LogP contribution in [-0.2, 0) is 19.1 Å². The lowest BCUT2D eigenvalue weighted by molar-refractivity contribution is -0.141. The third kappa shape index (κ3) is 6.46. The molecular weight excluding hydrogens is 495 g/mol. The van der Waals surface area contributed by atoms with Gasteiger partial charge in [-0.05, 0) is 40.8 Å². The quantitative estimate of drug-likeness (QED) is 0.523. The number of hydrogen-bond acceptors (Lipinski definition) is 5. The van der Waals surface area contributed by atoms with Gasteiger partial charge < -0.3 is 15.0 Å². The van der Waals surface area contributed by atoms with E-state index in [0.29, 0.717) is 16.6 Å². The Balaban J connectivity index is 2.07. The summed E-state index contributed by atoms with van der Waals surface area (Å²) in [6.07, 6.45) is -0.0934. The van der Waals surface area contributed by atoms with Crippen LogP contribution in [0.1, 0.15) is 43.6 Å². The highest BCUT2D eigenvalue weighted by Crippen LogP contribution is 2.49. The van der Waals surface area contributed by atoms with Crippen LogP contribution in [0.2, 0.25) is 10.0 Å². The molecule has 0 fully saturated rings. The Morgan fingerprint density at radius 1 is 1.12 bits per heavy atom. The topological polar surface area (TPSA) is 75.7 Å². The largest absolute Gasteiger partial charge is 0.468 e. The van der Waals surface area contributed by atoms with Gasteiger partial charge >= 0.3 is 5.97 Å². The standard InChI is InChI=1S/C25H28Cl2N2O4S/c1-25(2,3)14-29-19-10-9-15(26)11-17(19)23(16-7-5-6-8-18(16)27)34-20(24(29)32)12-21(30)28-13-22(31)33-4/h5-11,20,23H,12-14H2,1-4H3,(H,28,30). The first-order chi connectivity index (χ1) is 16.0. The van der Waals surface area contributed by atoms with Crippen molar-refractivity contribution in [2.24, 2.45) is 5.41 Å². The molecule has 182 valence electrons. The van der Waals surface area contributed by atoms with Crippen LogP contribution in [0.4, 0.5) is 5.69 Å². The summed E-state index contributed by atoms with van der Waals surface area (Å²) >= 11 is 14.3. The number of fused-ring (bicyclic) bond motifs is 1. The fourth-order valence-corrected chi connectivity index (χ4v) is 5.75. The Morgan fingerprint density at radius 2 is 1.82 bits per heavy atom. The number of methoxy groups -OCH3 is 1. The van der Waals surface area contributed by atoms with E-state index in [-0.39, 0.29) is 29.5 Å². The summed E-state index contributed by atoms with van der Waals surface area (Å²) in [4.78, 5) is 39.7. The number of anilines is 1. The van der Waals surface area contributed by atoms with Crippen molar-refractivity contribution in [1.29, 1.82) is 0 Å². The van der Waals surface area contributed by atoms with Gasteiger partial charge in [0.25, 0.3) is 0 Å². The molecule has 0 spiro atoms. The molecule has 3 rings (SSSR count). The fraction of sp³-hybridized carbons (Fsp3) is 0.400. The van der Waals surface area contributed by atoms with E-state index in [2.05, 4.69) is 30.8 Å². The maximum atomic E-state index is 13.8. The first-order valence-corrected chi connectivity index (χ1v) is 12.5. The maximum absolute atomic E-state index is 13.8. The predicted molar refractivity (Wildman–Crippen MR) is 138 cm³/mol. The van der Waals surface area contributed by atoms with Gasteiger partial charge in [-0.15, -0.1) is 11.8 Å². The summed E-state index contributed by atoms with van der Waals surface area (Å²) < 4.78 is 4.58. The second-order valence-corrected chi connectivity index (χ2v) is 11.4. The van der Waals surface area contributed by atoms with E-state index in [0.717, 1.165) is 16.8 Å². The zero-order valence-corrected chi connectivity index (χ0v) is 21.9. The molecule has 1 aliphatic heterocycles. The zero-order chi connectivity index (χ0) is 25.0. The van der Waals surface area contributed by atoms with Gasteiger partial charge in [0.1, 0.15) is 6.54 Å². The minimum Gasteiger partial charge on any atom is -0.468 e. The molecule has 0 saturated carbocycles. The van der Waals surface area contributed by atoms with E-state index in [1.165, 1.54) is 18.9 Å². The molecule has 0 saturated heterocycles. The van der Waals surface area contributed by atoms with Gasteiger partial charge in [-0.3, -0.25) is 14.4 Å². The molecule has 2 aromatic carbocycles. The van der Waals surface area contributed by atoms with E-state index in [9.17, 15) is 14.4 Å². The van der Waals surface area contributed by atoms with Crippen molar-refractivity contribution in [2.75, 3.05) is 25.1 Å². The third-order valence-corrected chi connectivity index (χ3v) is 7.31. The predicted octanol–water partition coefficient (Wildman–Crippen LogP) is 5.26. The molecule has 0 aromatic heterocycles. The molecular formula is C25H28Cl2N2O4S. The van der Waals surface area contributed by atoms with Gasteiger partial charge in [0.05, 0.1) is 17.6 Å². The lowest BCUT2D eigenvalue weighted by Crippen LogP contribution is -2.44. The summed E-state index contributed by atoms with van der Waals surface area (Å²) in [5, 5.41) is 2.63. The van der Waals surface area contributed by atoms with Gasteiger partial charge in [-0.1, -0.05) is 62.2 Å². The number of ether oxygens (including phenoxy) is 1. The molecule has 1 N–H and O–H groups in total. The number of hydrogen-bond donors (Lipinski definition) is 1. The second kappa shape index (κ2) is 11.0. The number of benzene rings is 2. The van der Waals surface area contributed by atoms with Gasteiger partial charge in [0, 0.05) is 28.7 Å². The summed E-state index contributed by atoms with van der Waals surface area (Å²) in [6.45, 7) is 6.36. The van der Waals surface area contributed by atoms with Crippen molar-refractivity contribution in [1.82, 2.24) is 5.32 Å². The second-order valence-electron chi connectivity index (χ2n) is 9.27. The van der Waals surface area contributed by atoms with Crippen LogP contribution >= 0.6 is 35.0 Å². The van der Waals surface area contributed by atoms with Crippen molar-refractivity contribution in [3.8, 4) is 0 Å². The molecule has 9 heteroatoms. The lowest BCUT2D eigenvalue weighted by Gasteiger charge is -2.31. The average Bonchev–Trinajstić information content (AvgIpc) is 2.87. The minimum atomic E-state index is -0.701. The number of amides is 2. The SMILES string of the molecule is COC(=O)CNC(=O)CC1SC(c2ccccc2Cl)c2cc(Cl)ccc2N(CC(C)(C)C)C1=O. The Labute approximate surface area is 214 Å². The van der Waals surface area contributed by atoms with E-state index in [1.807, 2.05) is 30.3 Å². The molecule has 2 aromatic rings. The van der Waals surface area contributed by atoms with Crippen LogP contribution in [0.25, 0.3) is 0 Å². The number of thioether (sulfide) groups is 1. The Kier molecular flexibility index (Phi) is 8.55. The summed E-state index contributed by atoms with van der Waals surface area (Å²) in [5.41, 5.74) is 2.25. The zero-order valence-electron chi connectivity index (χ0n) is 19.6. The van der Waals surface area contributed by atoms with E-state index >= 15 is 0 Å². The highest BCUT2D eigenvalue weighted by Gasteiger charge is 2.39. The van der Waals surface area contributed by atoms with Crippen molar-refractivity contribution in [3.05, 3.63) is 63.6 Å². The highest BCUT2D eigenvalue weighted by molar-refractivity contribution is 8.01. The van der Waals surface area contributed by atoms with Crippen molar-refractivity contribution < 1.29 is 19.1 Å². The maximum Gasteiger partial charge on any atom is 0.325 e. The minimum absolute atomic E-state index is 0.0934. The Bertz CT molecular complexity index is 1090. The number of halogens is 2. The van der Waals surface area contributed by atoms with Crippen LogP contribution < -0.4 is 10.2 Å². The van der Waals surface area contributed by atoms with Crippen molar-refractivity contribution >= 4 is 58.4 Å². The monoisotopic (exact) mass is 522 g/mol. The fourth-order valence-electron chi connectivity index (χ4n) is 3.75. The van der Waals surface area contributed by atoms with Crippen LogP contribution in [0.5, 0.6) is 0 Å². The number of nitrogens with zero attached hydrogens (tertiary/aromatic N) is 1. The van der Waals surface area contributed by atoms with Crippen molar-refractivity contribution in [3.63, 3.8) is 0 Å². The third-order valence-electron chi connectivity index (χ3n) is 5.25. The molecule has 34 heavy (non-hydrogen) atoms. The first-order valence-electron chi connectivity index (χ1n) is 10.8. The highest BCUT2D eigenvalue weighted by atomic mass is 35.5. The number of nitrogens with one attached hydrogen (secondary N) is 1. The smallest absolute Gasteiger partial charge is 0.325 e. The lowest BCUT2D eigenvalue weighted by atomic mass is 9.94. The molecule has 2 unspecified atom stereocenters. The molecule has 2 atom stereocenters. The average molecular weight is 523 g/mol. The number of esters is 1. The number of rotatable bonds is 6. The van der Waals surface area contributed by atoms with Gasteiger partial charge in [0.15, 0.2) is 0 Å². The Hall–Kier alpha value is -2.22. The van der Waals surface area contributed by atoms with E-state index < -0.39 is 17.1 Å². The molecule has 1 aliphatic rings. The van der Waals surface area contributed by atoms with Gasteiger partial charge in [-0.25, -0.2) is 0 Å². The van der Waals surface area contributed by atoms with Crippen LogP contribution in [0.3, 0.4) is 0 Å². The molecule has 2 amide bonds. The molecule has 1 heterocycles. The molecule has 0 aliphatic carbocycles. The molecule has 0 radical (unpaired) electrons. The summed E-state index contributed by atoms with van der Waals surface area (Å²) in [7, 11) is 1.25. The van der Waals surface area contributed by atoms with Crippen LogP contribution in [-0.4, -0.2) is 43.2 Å². The molecule has 6 nitrogen and oxygen atoms in total. The molecule has 0 bridgehead atoms. The van der Waals surface area contributed by atoms with Crippen LogP contribution in [0.15, 0.2) is 42.5 Å². The number of carbonyl (C=O) groups excluding carboxylic acids is 3. The number of carbonyl (C=O) groups is 3. The van der Waals surface area contributed by atoms with Gasteiger partial charge in [-0.2, -0.15) is 0 Å². The Morgan fingerprint density at radius 3 is 2.47 bits per heavy atom. The van der Waals surface area contributed by atoms with Crippen molar-refractivity contribution in [2.45, 2.75) is 37.7 Å². The van der Waals surface area contributed by atoms with Gasteiger partial charge in [0.2, 0.25) is 11.8 Å². The summed E-state index contributed by atoms with van der Waals surface area (Å²) in [5.74, 6) is -1.14. The normalized spacial score (nSPS) is 18.2. The van der Waals surface area contributed by atoms with E-state index in [1.54, 1.807) is 17.0 Å². The van der Waals surface area contributed by atoms with E-state index in [4.69, 9.17) is 23.2 Å².